The largest absolute Gasteiger partial charge is 0.508 e. The number of benzene rings is 2. The topological polar surface area (TPSA) is 40.5 Å². The molecule has 2 nitrogen and oxygen atoms in total. The third kappa shape index (κ3) is 3.88. The first-order chi connectivity index (χ1) is 10.1. The first kappa shape index (κ1) is 15.2. The van der Waals surface area contributed by atoms with Crippen molar-refractivity contribution < 1.29 is 10.2 Å². The number of rotatable bonds is 5. The van der Waals surface area contributed by atoms with Crippen LogP contribution in [-0.2, 0) is 6.42 Å². The monoisotopic (exact) mass is 282 g/mol. The van der Waals surface area contributed by atoms with Crippen molar-refractivity contribution in [2.75, 3.05) is 0 Å². The molecule has 0 aliphatic carbocycles. The smallest absolute Gasteiger partial charge is 0.115 e. The van der Waals surface area contributed by atoms with Crippen molar-refractivity contribution in [2.24, 2.45) is 0 Å². The fourth-order valence-electron chi connectivity index (χ4n) is 2.63. The Morgan fingerprint density at radius 1 is 0.762 bits per heavy atom. The van der Waals surface area contributed by atoms with Gasteiger partial charge in [0.25, 0.3) is 0 Å². The Hall–Kier alpha value is -2.22. The highest BCUT2D eigenvalue weighted by molar-refractivity contribution is 5.69. The van der Waals surface area contributed by atoms with Gasteiger partial charge in [0.2, 0.25) is 0 Å². The third-order valence-corrected chi connectivity index (χ3v) is 3.78. The summed E-state index contributed by atoms with van der Waals surface area (Å²) in [5, 5.41) is 18.8. The van der Waals surface area contributed by atoms with E-state index in [0.717, 1.165) is 19.3 Å². The van der Waals surface area contributed by atoms with Crippen LogP contribution in [0.1, 0.15) is 37.8 Å². The molecule has 0 aliphatic heterocycles. The van der Waals surface area contributed by atoms with Crippen molar-refractivity contribution >= 4 is 5.57 Å². The quantitative estimate of drug-likeness (QED) is 0.817. The highest BCUT2D eigenvalue weighted by atomic mass is 16.3. The van der Waals surface area contributed by atoms with Gasteiger partial charge in [0.05, 0.1) is 0 Å². The highest BCUT2D eigenvalue weighted by Crippen LogP contribution is 2.28. The molecule has 2 heteroatoms. The second-order valence-electron chi connectivity index (χ2n) is 5.18. The summed E-state index contributed by atoms with van der Waals surface area (Å²) in [7, 11) is 0. The van der Waals surface area contributed by atoms with Gasteiger partial charge in [-0.2, -0.15) is 0 Å². The minimum absolute atomic E-state index is 0.297. The van der Waals surface area contributed by atoms with Crippen LogP contribution in [0, 0.1) is 0 Å². The minimum Gasteiger partial charge on any atom is -0.508 e. The van der Waals surface area contributed by atoms with Gasteiger partial charge >= 0.3 is 0 Å². The highest BCUT2D eigenvalue weighted by Gasteiger charge is 2.08. The first-order valence-electron chi connectivity index (χ1n) is 7.42. The Bertz CT molecular complexity index is 607. The standard InChI is InChI=1S/C19H22O2/c1-3-15(13-14-5-9-17(20)10-6-14)19(4-2)16-7-11-18(21)12-8-16/h5-12,20-21H,3-4,13H2,1-2H3/b19-15+. The number of phenols is 2. The maximum Gasteiger partial charge on any atom is 0.115 e. The van der Waals surface area contributed by atoms with Crippen LogP contribution < -0.4 is 0 Å². The van der Waals surface area contributed by atoms with E-state index in [4.69, 9.17) is 0 Å². The summed E-state index contributed by atoms with van der Waals surface area (Å²) in [5.74, 6) is 0.598. The minimum atomic E-state index is 0.297. The zero-order valence-corrected chi connectivity index (χ0v) is 12.6. The Morgan fingerprint density at radius 2 is 1.29 bits per heavy atom. The van der Waals surface area contributed by atoms with Gasteiger partial charge < -0.3 is 10.2 Å². The van der Waals surface area contributed by atoms with E-state index < -0.39 is 0 Å². The fraction of sp³-hybridized carbons (Fsp3) is 0.263. The lowest BCUT2D eigenvalue weighted by Gasteiger charge is -2.14. The Kier molecular flexibility index (Phi) is 5.04. The molecule has 0 atom stereocenters. The normalized spacial score (nSPS) is 12.1. The Labute approximate surface area is 126 Å². The lowest BCUT2D eigenvalue weighted by Crippen LogP contribution is -1.96. The lowest BCUT2D eigenvalue weighted by molar-refractivity contribution is 0.474. The van der Waals surface area contributed by atoms with Crippen LogP contribution in [0.15, 0.2) is 54.1 Å². The summed E-state index contributed by atoms with van der Waals surface area (Å²) >= 11 is 0. The summed E-state index contributed by atoms with van der Waals surface area (Å²) in [6.45, 7) is 4.33. The van der Waals surface area contributed by atoms with E-state index in [1.54, 1.807) is 24.3 Å². The van der Waals surface area contributed by atoms with Crippen LogP contribution >= 0.6 is 0 Å². The number of aromatic hydroxyl groups is 2. The van der Waals surface area contributed by atoms with E-state index in [-0.39, 0.29) is 0 Å². The second kappa shape index (κ2) is 6.98. The number of allylic oxidation sites excluding steroid dienone is 2. The molecule has 0 fully saturated rings. The van der Waals surface area contributed by atoms with Gasteiger partial charge in [0.15, 0.2) is 0 Å². The lowest BCUT2D eigenvalue weighted by atomic mass is 9.92. The Balaban J connectivity index is 2.34. The summed E-state index contributed by atoms with van der Waals surface area (Å²) in [4.78, 5) is 0. The molecule has 0 aromatic heterocycles. The third-order valence-electron chi connectivity index (χ3n) is 3.78. The van der Waals surface area contributed by atoms with Crippen molar-refractivity contribution in [3.63, 3.8) is 0 Å². The molecule has 0 saturated heterocycles. The SMILES string of the molecule is CC/C(Cc1ccc(O)cc1)=C(/CC)c1ccc(O)cc1. The molecule has 0 bridgehead atoms. The average molecular weight is 282 g/mol. The van der Waals surface area contributed by atoms with Crippen LogP contribution in [0.5, 0.6) is 11.5 Å². The first-order valence-corrected chi connectivity index (χ1v) is 7.42. The second-order valence-corrected chi connectivity index (χ2v) is 5.18. The van der Waals surface area contributed by atoms with Gasteiger partial charge in [-0.3, -0.25) is 0 Å². The van der Waals surface area contributed by atoms with Gasteiger partial charge in [-0.15, -0.1) is 0 Å². The average Bonchev–Trinajstić information content (AvgIpc) is 2.50. The fourth-order valence-corrected chi connectivity index (χ4v) is 2.63. The molecule has 0 heterocycles. The Morgan fingerprint density at radius 3 is 1.76 bits per heavy atom. The maximum atomic E-state index is 9.43. The van der Waals surface area contributed by atoms with E-state index in [1.807, 2.05) is 24.3 Å². The number of hydrogen-bond donors (Lipinski definition) is 2. The van der Waals surface area contributed by atoms with Crippen LogP contribution in [-0.4, -0.2) is 10.2 Å². The van der Waals surface area contributed by atoms with E-state index >= 15 is 0 Å². The van der Waals surface area contributed by atoms with Gasteiger partial charge in [-0.1, -0.05) is 43.7 Å². The molecule has 0 saturated carbocycles. The van der Waals surface area contributed by atoms with Crippen LogP contribution in [0.4, 0.5) is 0 Å². The van der Waals surface area contributed by atoms with Gasteiger partial charge in [-0.05, 0) is 60.2 Å². The van der Waals surface area contributed by atoms with Crippen LogP contribution in [0.2, 0.25) is 0 Å². The predicted octanol–water partition coefficient (Wildman–Crippen LogP) is 4.91. The molecular formula is C19H22O2. The zero-order valence-electron chi connectivity index (χ0n) is 12.6. The van der Waals surface area contributed by atoms with E-state index in [9.17, 15) is 10.2 Å². The molecule has 110 valence electrons. The van der Waals surface area contributed by atoms with Crippen molar-refractivity contribution in [2.45, 2.75) is 33.1 Å². The molecule has 2 rings (SSSR count). The predicted molar refractivity (Wildman–Crippen MR) is 87.4 cm³/mol. The van der Waals surface area contributed by atoms with E-state index in [0.29, 0.717) is 11.5 Å². The molecule has 0 aliphatic rings. The molecule has 2 aromatic carbocycles. The van der Waals surface area contributed by atoms with E-state index in [2.05, 4.69) is 13.8 Å². The summed E-state index contributed by atoms with van der Waals surface area (Å²) < 4.78 is 0. The van der Waals surface area contributed by atoms with Crippen molar-refractivity contribution in [1.29, 1.82) is 0 Å². The molecule has 0 spiro atoms. The summed E-state index contributed by atoms with van der Waals surface area (Å²) in [6, 6.07) is 14.8. The molecular weight excluding hydrogens is 260 g/mol. The van der Waals surface area contributed by atoms with Crippen LogP contribution in [0.25, 0.3) is 5.57 Å². The molecule has 0 unspecified atom stereocenters. The van der Waals surface area contributed by atoms with Crippen LogP contribution in [0.3, 0.4) is 0 Å². The molecule has 21 heavy (non-hydrogen) atoms. The van der Waals surface area contributed by atoms with Gasteiger partial charge in [0, 0.05) is 0 Å². The molecule has 2 N–H and O–H groups in total. The van der Waals surface area contributed by atoms with Crippen molar-refractivity contribution in [3.05, 3.63) is 65.2 Å². The van der Waals surface area contributed by atoms with Gasteiger partial charge in [0.1, 0.15) is 11.5 Å². The van der Waals surface area contributed by atoms with E-state index in [1.165, 1.54) is 22.3 Å². The summed E-state index contributed by atoms with van der Waals surface area (Å²) in [6.07, 6.45) is 2.85. The number of phenolic OH excluding ortho intramolecular Hbond substituents is 2. The molecule has 0 amide bonds. The molecule has 2 aromatic rings. The zero-order chi connectivity index (χ0) is 15.2. The van der Waals surface area contributed by atoms with Gasteiger partial charge in [-0.25, -0.2) is 0 Å². The maximum absolute atomic E-state index is 9.43. The van der Waals surface area contributed by atoms with Crippen molar-refractivity contribution in [3.8, 4) is 11.5 Å². The molecule has 0 radical (unpaired) electrons. The summed E-state index contributed by atoms with van der Waals surface area (Å²) in [5.41, 5.74) is 5.11. The number of hydrogen-bond acceptors (Lipinski definition) is 2. The van der Waals surface area contributed by atoms with Crippen molar-refractivity contribution in [1.82, 2.24) is 0 Å².